The zero-order valence-electron chi connectivity index (χ0n) is 48.9. The fourth-order valence-corrected chi connectivity index (χ4v) is 13.7. The summed E-state index contributed by atoms with van der Waals surface area (Å²) in [4.78, 5) is 51.6. The minimum absolute atomic E-state index is 0.0349. The number of phenols is 1. The van der Waals surface area contributed by atoms with Crippen LogP contribution in [0.4, 0.5) is 18.9 Å². The van der Waals surface area contributed by atoms with Gasteiger partial charge < -0.3 is 58.7 Å². The van der Waals surface area contributed by atoms with Crippen molar-refractivity contribution in [1.29, 1.82) is 0 Å². The second kappa shape index (κ2) is 28.3. The molecule has 9 rings (SSSR count). The second-order valence-corrected chi connectivity index (χ2v) is 25.4. The minimum atomic E-state index is -4.89. The standard InChI is InChI=1S/C62H72F3N7O13S2/c1-39(41-6-8-44(9-7-41)57-40(2)67-38-86-57)68-59(76)50-32-48(74)34-71(50)60(77)58(61(3,4)5)69-53(75)35-83-29-28-81-25-24-80-26-27-82-30-31-84-49-20-16-46(17-21-49)72(36-62(63,64)65)87(78,79)52-33-51-54(42-12-18-47(73)19-13-42)55(56(52)85-51)43-10-14-45(15-11-43)70-23-22-66-37-70/h6-23,37-39,48,50-52,56,58,73-74H,24-36H2,1-5H3,(H,68,76)(H,69,75)/t39-,48+,50-,51?,52?,56?,58+/m0/s1. The number of rotatable bonds is 28. The van der Waals surface area contributed by atoms with Gasteiger partial charge in [-0.2, -0.15) is 13.2 Å². The van der Waals surface area contributed by atoms with Crippen LogP contribution in [-0.2, 0) is 48.1 Å². The fourth-order valence-electron chi connectivity index (χ4n) is 10.9. The van der Waals surface area contributed by atoms with Crippen molar-refractivity contribution in [1.82, 2.24) is 30.1 Å². The van der Waals surface area contributed by atoms with Gasteiger partial charge in [-0.25, -0.2) is 18.4 Å². The monoisotopic (exact) mass is 1240 g/mol. The molecule has 7 atom stereocenters. The molecule has 3 amide bonds. The Morgan fingerprint density at radius 2 is 1.41 bits per heavy atom. The van der Waals surface area contributed by atoms with E-state index in [9.17, 15) is 46.2 Å². The summed E-state index contributed by atoms with van der Waals surface area (Å²) in [6.45, 7) is 8.40. The Balaban J connectivity index is 0.664. The molecular weight excluding hydrogens is 1170 g/mol. The van der Waals surface area contributed by atoms with Crippen LogP contribution in [0.2, 0.25) is 0 Å². The van der Waals surface area contributed by atoms with Gasteiger partial charge in [0.1, 0.15) is 54.7 Å². The summed E-state index contributed by atoms with van der Waals surface area (Å²) in [6.07, 6.45) is -2.65. The molecule has 87 heavy (non-hydrogen) atoms. The van der Waals surface area contributed by atoms with Crippen molar-refractivity contribution in [2.24, 2.45) is 5.41 Å². The van der Waals surface area contributed by atoms with Crippen LogP contribution in [0.25, 0.3) is 27.3 Å². The SMILES string of the molecule is Cc1ncsc1-c1ccc([C@H](C)NC(=O)[C@@H]2C[C@@H](O)CN2C(=O)[C@@H](NC(=O)COCCOCCOCCOCCOc2ccc(N(CC(F)(F)F)S(=O)(=O)C3CC4OC3C(c3ccc(-n5ccnc5)cc3)=C4c3ccc(O)cc3)cc2)C(C)(C)C)cc1. The summed E-state index contributed by atoms with van der Waals surface area (Å²) in [6, 6.07) is 24.5. The van der Waals surface area contributed by atoms with Crippen LogP contribution in [0.3, 0.4) is 0 Å². The van der Waals surface area contributed by atoms with Crippen molar-refractivity contribution in [3.63, 3.8) is 0 Å². The number of anilines is 1. The number of sulfonamides is 1. The number of benzene rings is 4. The molecule has 3 unspecified atom stereocenters. The number of phenolic OH excluding ortho intramolecular Hbond substituents is 1. The topological polar surface area (TPSA) is 242 Å². The Morgan fingerprint density at radius 3 is 2.01 bits per heavy atom. The average molecular weight is 1240 g/mol. The molecule has 25 heteroatoms. The third-order valence-corrected chi connectivity index (χ3v) is 18.3. The number of carbonyl (C=O) groups excluding carboxylic acids is 3. The molecule has 20 nitrogen and oxygen atoms in total. The number of likely N-dealkylation sites (tertiary alicyclic amines) is 1. The van der Waals surface area contributed by atoms with Gasteiger partial charge in [-0.05, 0) is 108 Å². The number of halogens is 3. The number of nitrogens with zero attached hydrogens (tertiary/aromatic N) is 5. The Hall–Kier alpha value is -7.23. The number of aromatic nitrogens is 3. The van der Waals surface area contributed by atoms with Gasteiger partial charge in [0.25, 0.3) is 0 Å². The summed E-state index contributed by atoms with van der Waals surface area (Å²) in [5.41, 5.74) is 7.04. The van der Waals surface area contributed by atoms with Crippen LogP contribution < -0.4 is 19.7 Å². The maximum absolute atomic E-state index is 14.6. The van der Waals surface area contributed by atoms with E-state index in [-0.39, 0.29) is 102 Å². The number of aliphatic hydroxyl groups excluding tert-OH is 1. The average Bonchev–Trinajstić information content (AvgIpc) is 1.61. The molecule has 0 aliphatic carbocycles. The van der Waals surface area contributed by atoms with Crippen LogP contribution in [0, 0.1) is 12.3 Å². The van der Waals surface area contributed by atoms with E-state index in [1.54, 1.807) is 73.0 Å². The summed E-state index contributed by atoms with van der Waals surface area (Å²) in [7, 11) is -4.72. The van der Waals surface area contributed by atoms with Gasteiger partial charge in [-0.15, -0.1) is 11.3 Å². The number of aryl methyl sites for hydroxylation is 1. The maximum atomic E-state index is 14.6. The van der Waals surface area contributed by atoms with Crippen molar-refractivity contribution < 1.29 is 74.6 Å². The van der Waals surface area contributed by atoms with Crippen LogP contribution in [-0.4, -0.2) is 170 Å². The molecule has 4 N–H and O–H groups in total. The molecule has 0 radical (unpaired) electrons. The number of nitrogens with one attached hydrogen (secondary N) is 2. The number of thiazole rings is 1. The van der Waals surface area contributed by atoms with E-state index < -0.39 is 81.5 Å². The number of aliphatic hydroxyl groups is 1. The van der Waals surface area contributed by atoms with Crippen LogP contribution >= 0.6 is 11.3 Å². The van der Waals surface area contributed by atoms with E-state index in [1.807, 2.05) is 62.4 Å². The van der Waals surface area contributed by atoms with E-state index in [1.165, 1.54) is 41.3 Å². The number of imidazole rings is 1. The lowest BCUT2D eigenvalue weighted by atomic mass is 9.83. The first-order valence-electron chi connectivity index (χ1n) is 28.5. The molecule has 2 aromatic heterocycles. The normalized spacial score (nSPS) is 19.3. The van der Waals surface area contributed by atoms with Crippen molar-refractivity contribution in [2.45, 2.75) is 95.3 Å². The fraction of sp³-hybridized carbons (Fsp3) is 0.435. The highest BCUT2D eigenvalue weighted by Gasteiger charge is 2.55. The van der Waals surface area contributed by atoms with Crippen LogP contribution in [0.1, 0.15) is 69.0 Å². The Morgan fingerprint density at radius 1 is 0.805 bits per heavy atom. The lowest BCUT2D eigenvalue weighted by Crippen LogP contribution is -2.58. The van der Waals surface area contributed by atoms with Crippen molar-refractivity contribution in [3.05, 3.63) is 144 Å². The highest BCUT2D eigenvalue weighted by Crippen LogP contribution is 2.52. The highest BCUT2D eigenvalue weighted by molar-refractivity contribution is 7.93. The smallest absolute Gasteiger partial charge is 0.407 e. The first kappa shape index (κ1) is 64.2. The van der Waals surface area contributed by atoms with Crippen LogP contribution in [0.15, 0.2) is 121 Å². The molecule has 3 aliphatic heterocycles. The quantitative estimate of drug-likeness (QED) is 0.0345. The molecule has 4 aromatic carbocycles. The molecule has 3 aliphatic rings. The summed E-state index contributed by atoms with van der Waals surface area (Å²) < 4.78 is 108. The molecule has 2 saturated heterocycles. The van der Waals surface area contributed by atoms with Crippen molar-refractivity contribution in [3.8, 4) is 27.6 Å². The zero-order chi connectivity index (χ0) is 62.0. The number of aromatic hydroxyl groups is 1. The molecule has 2 fully saturated rings. The summed E-state index contributed by atoms with van der Waals surface area (Å²) in [5.74, 6) is -1.12. The van der Waals surface area contributed by atoms with Crippen molar-refractivity contribution >= 4 is 55.9 Å². The zero-order valence-corrected chi connectivity index (χ0v) is 50.5. The van der Waals surface area contributed by atoms with E-state index >= 15 is 0 Å². The van der Waals surface area contributed by atoms with E-state index in [2.05, 4.69) is 20.6 Å². The van der Waals surface area contributed by atoms with E-state index in [0.717, 1.165) is 27.4 Å². The molecule has 466 valence electrons. The number of ether oxygens (including phenoxy) is 6. The van der Waals surface area contributed by atoms with Gasteiger partial charge in [0, 0.05) is 31.0 Å². The number of alkyl halides is 3. The first-order chi connectivity index (χ1) is 41.5. The summed E-state index contributed by atoms with van der Waals surface area (Å²) in [5, 5.41) is 25.1. The van der Waals surface area contributed by atoms with E-state index in [0.29, 0.717) is 26.6 Å². The Kier molecular flexibility index (Phi) is 20.9. The first-order valence-corrected chi connectivity index (χ1v) is 30.9. The van der Waals surface area contributed by atoms with Gasteiger partial charge in [-0.3, -0.25) is 18.7 Å². The van der Waals surface area contributed by atoms with E-state index in [4.69, 9.17) is 28.4 Å². The molecular formula is C62H72F3N7O13S2. The number of fused-ring (bicyclic) bond motifs is 2. The highest BCUT2D eigenvalue weighted by atomic mass is 32.2. The van der Waals surface area contributed by atoms with Gasteiger partial charge in [0.2, 0.25) is 27.7 Å². The molecule has 5 heterocycles. The number of β-amino-alcohol motifs (C(OH)–C–C–N with tert-alkyl or cyclic N) is 1. The summed E-state index contributed by atoms with van der Waals surface area (Å²) >= 11 is 1.55. The van der Waals surface area contributed by atoms with Crippen molar-refractivity contribution in [2.75, 3.05) is 76.9 Å². The number of hydrogen-bond acceptors (Lipinski definition) is 16. The van der Waals surface area contributed by atoms with Gasteiger partial charge in [-0.1, -0.05) is 69.3 Å². The number of carbonyl (C=O) groups is 3. The number of amides is 3. The molecule has 6 aromatic rings. The molecule has 0 saturated carbocycles. The second-order valence-electron chi connectivity index (χ2n) is 22.5. The Bertz CT molecular complexity index is 3420. The molecule has 0 spiro atoms. The number of hydrogen-bond donors (Lipinski definition) is 4. The maximum Gasteiger partial charge on any atom is 0.407 e. The third-order valence-electron chi connectivity index (χ3n) is 15.2. The largest absolute Gasteiger partial charge is 0.508 e. The minimum Gasteiger partial charge on any atom is -0.508 e. The third kappa shape index (κ3) is 16.1. The predicted molar refractivity (Wildman–Crippen MR) is 319 cm³/mol. The Labute approximate surface area is 507 Å². The lowest BCUT2D eigenvalue weighted by molar-refractivity contribution is -0.144. The van der Waals surface area contributed by atoms with Gasteiger partial charge >= 0.3 is 6.18 Å². The molecule has 2 bridgehead atoms. The lowest BCUT2D eigenvalue weighted by Gasteiger charge is -2.35. The van der Waals surface area contributed by atoms with Crippen LogP contribution in [0.5, 0.6) is 11.5 Å². The van der Waals surface area contributed by atoms with Gasteiger partial charge in [0.15, 0.2) is 0 Å². The predicted octanol–water partition coefficient (Wildman–Crippen LogP) is 7.67. The van der Waals surface area contributed by atoms with Gasteiger partial charge in [0.05, 0.1) is 92.6 Å².